The highest BCUT2D eigenvalue weighted by molar-refractivity contribution is 4.81. The van der Waals surface area contributed by atoms with Gasteiger partial charge >= 0.3 is 0 Å². The Labute approximate surface area is 95.6 Å². The molecule has 0 heterocycles. The Balaban J connectivity index is 2.96. The maximum atomic E-state index is 8.58. The van der Waals surface area contributed by atoms with Crippen LogP contribution in [0.2, 0.25) is 0 Å². The van der Waals surface area contributed by atoms with Crippen molar-refractivity contribution in [1.82, 2.24) is 0 Å². The van der Waals surface area contributed by atoms with Crippen LogP contribution in [-0.4, -0.2) is 11.7 Å². The van der Waals surface area contributed by atoms with Gasteiger partial charge in [-0.25, -0.2) is 0 Å². The Bertz CT molecular complexity index is 129. The zero-order chi connectivity index (χ0) is 11.2. The van der Waals surface area contributed by atoms with E-state index < -0.39 is 0 Å². The Morgan fingerprint density at radius 3 is 1.87 bits per heavy atom. The van der Waals surface area contributed by atoms with Crippen molar-refractivity contribution >= 4 is 0 Å². The minimum atomic E-state index is 0.333. The van der Waals surface area contributed by atoms with Gasteiger partial charge in [-0.2, -0.15) is 0 Å². The minimum absolute atomic E-state index is 0.333. The van der Waals surface area contributed by atoms with Crippen molar-refractivity contribution < 1.29 is 5.11 Å². The molecule has 1 heteroatoms. The summed E-state index contributed by atoms with van der Waals surface area (Å²) in [6, 6.07) is 0. The molecule has 1 radical (unpaired) electrons. The second-order valence-corrected chi connectivity index (χ2v) is 4.10. The molecule has 0 aliphatic heterocycles. The molecule has 0 fully saturated rings. The first-order chi connectivity index (χ1) is 7.41. The van der Waals surface area contributed by atoms with E-state index in [0.717, 1.165) is 25.7 Å². The Kier molecular flexibility index (Phi) is 13.4. The van der Waals surface area contributed by atoms with Crippen molar-refractivity contribution in [2.24, 2.45) is 0 Å². The third-order valence-electron chi connectivity index (χ3n) is 2.57. The summed E-state index contributed by atoms with van der Waals surface area (Å²) in [5.41, 5.74) is 0. The van der Waals surface area contributed by atoms with Gasteiger partial charge in [0.2, 0.25) is 0 Å². The van der Waals surface area contributed by atoms with Gasteiger partial charge in [0.25, 0.3) is 0 Å². The van der Waals surface area contributed by atoms with E-state index in [-0.39, 0.29) is 0 Å². The standard InChI is InChI=1S/C14H27O/c1-2-3-4-5-6-7-8-9-10-11-12-13-14-15/h9-10,15H,1-8,11-14H2/b10-9-. The highest BCUT2D eigenvalue weighted by Gasteiger charge is 1.88. The van der Waals surface area contributed by atoms with Gasteiger partial charge in [-0.15, -0.1) is 0 Å². The van der Waals surface area contributed by atoms with E-state index in [2.05, 4.69) is 19.1 Å². The molecule has 15 heavy (non-hydrogen) atoms. The van der Waals surface area contributed by atoms with Gasteiger partial charge in [0.05, 0.1) is 0 Å². The highest BCUT2D eigenvalue weighted by atomic mass is 16.2. The predicted molar refractivity (Wildman–Crippen MR) is 67.8 cm³/mol. The lowest BCUT2D eigenvalue weighted by atomic mass is 10.1. The SMILES string of the molecule is [CH2]CCCCCCC/C=C\CCCCO. The fourth-order valence-corrected chi connectivity index (χ4v) is 1.58. The summed E-state index contributed by atoms with van der Waals surface area (Å²) >= 11 is 0. The van der Waals surface area contributed by atoms with Crippen molar-refractivity contribution in [3.05, 3.63) is 19.1 Å². The topological polar surface area (TPSA) is 20.2 Å². The first-order valence-corrected chi connectivity index (χ1v) is 6.47. The molecular formula is C14H27O. The molecule has 1 N–H and O–H groups in total. The van der Waals surface area contributed by atoms with E-state index in [1.165, 1.54) is 38.5 Å². The molecule has 0 aromatic rings. The van der Waals surface area contributed by atoms with Gasteiger partial charge in [0.1, 0.15) is 0 Å². The Morgan fingerprint density at radius 2 is 1.27 bits per heavy atom. The van der Waals surface area contributed by atoms with Gasteiger partial charge < -0.3 is 5.11 Å². The molecule has 0 amide bonds. The van der Waals surface area contributed by atoms with Crippen LogP contribution >= 0.6 is 0 Å². The average Bonchev–Trinajstić information content (AvgIpc) is 2.26. The highest BCUT2D eigenvalue weighted by Crippen LogP contribution is 2.07. The molecule has 0 aromatic carbocycles. The summed E-state index contributed by atoms with van der Waals surface area (Å²) in [6.07, 6.45) is 16.7. The van der Waals surface area contributed by atoms with Crippen LogP contribution in [0, 0.1) is 6.92 Å². The van der Waals surface area contributed by atoms with Crippen LogP contribution < -0.4 is 0 Å². The quantitative estimate of drug-likeness (QED) is 0.400. The third-order valence-corrected chi connectivity index (χ3v) is 2.57. The summed E-state index contributed by atoms with van der Waals surface area (Å²) in [7, 11) is 0. The molecule has 1 nitrogen and oxygen atoms in total. The van der Waals surface area contributed by atoms with Crippen molar-refractivity contribution in [3.63, 3.8) is 0 Å². The maximum absolute atomic E-state index is 8.58. The summed E-state index contributed by atoms with van der Waals surface area (Å²) in [6.45, 7) is 4.17. The van der Waals surface area contributed by atoms with E-state index in [0.29, 0.717) is 6.61 Å². The lowest BCUT2D eigenvalue weighted by molar-refractivity contribution is 0.285. The Hall–Kier alpha value is -0.300. The maximum Gasteiger partial charge on any atom is 0.0431 e. The number of allylic oxidation sites excluding steroid dienone is 2. The molecule has 0 saturated carbocycles. The zero-order valence-corrected chi connectivity index (χ0v) is 10.1. The van der Waals surface area contributed by atoms with Crippen LogP contribution in [0.15, 0.2) is 12.2 Å². The van der Waals surface area contributed by atoms with Gasteiger partial charge in [-0.3, -0.25) is 0 Å². The smallest absolute Gasteiger partial charge is 0.0431 e. The number of rotatable bonds is 11. The molecule has 0 unspecified atom stereocenters. The fraction of sp³-hybridized carbons (Fsp3) is 0.786. The molecule has 0 aromatic heterocycles. The molecule has 0 bridgehead atoms. The molecule has 0 spiro atoms. The van der Waals surface area contributed by atoms with Crippen LogP contribution in [0.5, 0.6) is 0 Å². The van der Waals surface area contributed by atoms with Crippen LogP contribution in [0.1, 0.15) is 64.2 Å². The summed E-state index contributed by atoms with van der Waals surface area (Å²) < 4.78 is 0. The van der Waals surface area contributed by atoms with Crippen molar-refractivity contribution in [1.29, 1.82) is 0 Å². The first kappa shape index (κ1) is 14.7. The van der Waals surface area contributed by atoms with Crippen LogP contribution in [-0.2, 0) is 0 Å². The molecule has 0 aliphatic rings. The minimum Gasteiger partial charge on any atom is -0.396 e. The van der Waals surface area contributed by atoms with E-state index in [9.17, 15) is 0 Å². The lowest BCUT2D eigenvalue weighted by Crippen LogP contribution is -1.80. The number of aliphatic hydroxyl groups excluding tert-OH is 1. The molecule has 0 saturated heterocycles. The van der Waals surface area contributed by atoms with E-state index in [1.807, 2.05) is 0 Å². The van der Waals surface area contributed by atoms with Gasteiger partial charge in [-0.05, 0) is 32.1 Å². The molecule has 0 atom stereocenters. The van der Waals surface area contributed by atoms with Crippen LogP contribution in [0.25, 0.3) is 0 Å². The predicted octanol–water partition coefficient (Wildman–Crippen LogP) is 4.27. The molecule has 0 aliphatic carbocycles. The van der Waals surface area contributed by atoms with E-state index >= 15 is 0 Å². The number of hydrogen-bond acceptors (Lipinski definition) is 1. The molecule has 89 valence electrons. The zero-order valence-electron chi connectivity index (χ0n) is 10.1. The van der Waals surface area contributed by atoms with E-state index in [4.69, 9.17) is 5.11 Å². The monoisotopic (exact) mass is 211 g/mol. The van der Waals surface area contributed by atoms with E-state index in [1.54, 1.807) is 0 Å². The van der Waals surface area contributed by atoms with Gasteiger partial charge in [0, 0.05) is 6.61 Å². The van der Waals surface area contributed by atoms with Crippen LogP contribution in [0.4, 0.5) is 0 Å². The first-order valence-electron chi connectivity index (χ1n) is 6.47. The molecule has 0 rings (SSSR count). The summed E-state index contributed by atoms with van der Waals surface area (Å²) in [5.74, 6) is 0. The largest absolute Gasteiger partial charge is 0.396 e. The van der Waals surface area contributed by atoms with Crippen molar-refractivity contribution in [2.45, 2.75) is 64.2 Å². The summed E-state index contributed by atoms with van der Waals surface area (Å²) in [5, 5.41) is 8.58. The second-order valence-electron chi connectivity index (χ2n) is 4.10. The number of aliphatic hydroxyl groups is 1. The van der Waals surface area contributed by atoms with Gasteiger partial charge in [-0.1, -0.05) is 51.2 Å². The Morgan fingerprint density at radius 1 is 0.733 bits per heavy atom. The van der Waals surface area contributed by atoms with Crippen molar-refractivity contribution in [2.75, 3.05) is 6.61 Å². The van der Waals surface area contributed by atoms with Crippen molar-refractivity contribution in [3.8, 4) is 0 Å². The summed E-state index contributed by atoms with van der Waals surface area (Å²) in [4.78, 5) is 0. The lowest BCUT2D eigenvalue weighted by Gasteiger charge is -1.97. The number of hydrogen-bond donors (Lipinski definition) is 1. The van der Waals surface area contributed by atoms with Crippen LogP contribution in [0.3, 0.4) is 0 Å². The van der Waals surface area contributed by atoms with Gasteiger partial charge in [0.15, 0.2) is 0 Å². The average molecular weight is 211 g/mol. The second kappa shape index (κ2) is 13.7. The third kappa shape index (κ3) is 13.7. The number of unbranched alkanes of at least 4 members (excludes halogenated alkanes) is 8. The normalized spacial score (nSPS) is 11.3. The molecular weight excluding hydrogens is 184 g/mol. The fourth-order valence-electron chi connectivity index (χ4n) is 1.58.